The van der Waals surface area contributed by atoms with Gasteiger partial charge in [-0.05, 0) is 48.1 Å². The number of anilines is 2. The number of amides is 1. The van der Waals surface area contributed by atoms with Crippen molar-refractivity contribution in [2.75, 3.05) is 24.3 Å². The van der Waals surface area contributed by atoms with Gasteiger partial charge in [-0.15, -0.1) is 0 Å². The molecule has 0 aliphatic heterocycles. The van der Waals surface area contributed by atoms with Crippen LogP contribution in [0.1, 0.15) is 29.5 Å². The Balaban J connectivity index is 1.56. The summed E-state index contributed by atoms with van der Waals surface area (Å²) in [5, 5.41) is 47.9. The van der Waals surface area contributed by atoms with Crippen molar-refractivity contribution in [1.82, 2.24) is 0 Å². The van der Waals surface area contributed by atoms with E-state index in [4.69, 9.17) is 5.73 Å². The third kappa shape index (κ3) is 4.49. The summed E-state index contributed by atoms with van der Waals surface area (Å²) < 4.78 is 29.3. The highest BCUT2D eigenvalue weighted by Crippen LogP contribution is 2.54. The minimum Gasteiger partial charge on any atom is -0.508 e. The highest BCUT2D eigenvalue weighted by molar-refractivity contribution is 6.22. The number of benzene rings is 2. The lowest BCUT2D eigenvalue weighted by Crippen LogP contribution is -2.58. The van der Waals surface area contributed by atoms with E-state index in [1.165, 1.54) is 12.1 Å². The van der Waals surface area contributed by atoms with Crippen LogP contribution in [0.25, 0.3) is 5.76 Å². The Morgan fingerprint density at radius 2 is 1.83 bits per heavy atom. The zero-order valence-corrected chi connectivity index (χ0v) is 22.6. The molecule has 0 spiro atoms. The summed E-state index contributed by atoms with van der Waals surface area (Å²) in [6.07, 6.45) is -0.199. The van der Waals surface area contributed by atoms with Gasteiger partial charge in [0.1, 0.15) is 28.6 Å². The molecule has 1 fully saturated rings. The summed E-state index contributed by atoms with van der Waals surface area (Å²) in [4.78, 5) is 39.9. The van der Waals surface area contributed by atoms with E-state index in [0.29, 0.717) is 16.8 Å². The van der Waals surface area contributed by atoms with Gasteiger partial charge in [0.2, 0.25) is 5.78 Å². The van der Waals surface area contributed by atoms with E-state index >= 15 is 0 Å². The second kappa shape index (κ2) is 10.3. The van der Waals surface area contributed by atoms with Gasteiger partial charge in [0.25, 0.3) is 5.91 Å². The lowest BCUT2D eigenvalue weighted by molar-refractivity contribution is -0.147. The SMILES string of the molecule is CN(C)c1cc(NCc2ccc(OC(F)F)cc2)c(O)c2c1C[C@H]1C[C@H]3CC(=O)C(C(N)=O)=C(O)[C@@]3(O)C(=O)C1=C2O. The Kier molecular flexibility index (Phi) is 7.09. The molecule has 0 saturated heterocycles. The number of ketones is 2. The molecule has 222 valence electrons. The van der Waals surface area contributed by atoms with Crippen LogP contribution in [0.5, 0.6) is 11.5 Å². The number of halogens is 2. The summed E-state index contributed by atoms with van der Waals surface area (Å²) in [5.41, 5.74) is 3.45. The van der Waals surface area contributed by atoms with Crippen LogP contribution < -0.4 is 20.7 Å². The number of phenols is 1. The van der Waals surface area contributed by atoms with Gasteiger partial charge in [-0.25, -0.2) is 0 Å². The highest BCUT2D eigenvalue weighted by atomic mass is 19.3. The first kappa shape index (κ1) is 28.9. The number of phenolic OH excluding ortho intramolecular Hbond substituents is 1. The Morgan fingerprint density at radius 1 is 1.17 bits per heavy atom. The number of hydrogen-bond donors (Lipinski definition) is 6. The predicted molar refractivity (Wildman–Crippen MR) is 146 cm³/mol. The number of primary amides is 1. The van der Waals surface area contributed by atoms with E-state index in [2.05, 4.69) is 10.1 Å². The van der Waals surface area contributed by atoms with Crippen LogP contribution in [0.3, 0.4) is 0 Å². The molecule has 0 bridgehead atoms. The van der Waals surface area contributed by atoms with Crippen LogP contribution in [-0.2, 0) is 27.3 Å². The maximum atomic E-state index is 13.8. The van der Waals surface area contributed by atoms with Crippen LogP contribution in [0.4, 0.5) is 20.2 Å². The maximum Gasteiger partial charge on any atom is 0.387 e. The minimum atomic E-state index is -2.96. The molecular formula is C29H29F2N3O8. The van der Waals surface area contributed by atoms with E-state index in [1.54, 1.807) is 37.2 Å². The van der Waals surface area contributed by atoms with E-state index in [9.17, 15) is 43.6 Å². The zero-order valence-electron chi connectivity index (χ0n) is 22.6. The average Bonchev–Trinajstić information content (AvgIpc) is 2.90. The van der Waals surface area contributed by atoms with Crippen LogP contribution in [0.2, 0.25) is 0 Å². The molecule has 1 saturated carbocycles. The first-order chi connectivity index (χ1) is 19.7. The lowest BCUT2D eigenvalue weighted by Gasteiger charge is -2.46. The number of hydrogen-bond acceptors (Lipinski definition) is 10. The maximum absolute atomic E-state index is 13.8. The number of aliphatic hydroxyl groups is 3. The van der Waals surface area contributed by atoms with Crippen LogP contribution in [0, 0.1) is 11.8 Å². The van der Waals surface area contributed by atoms with Crippen molar-refractivity contribution < 1.29 is 48.3 Å². The number of aromatic hydroxyl groups is 1. The van der Waals surface area contributed by atoms with Crippen molar-refractivity contribution in [3.63, 3.8) is 0 Å². The number of fused-ring (bicyclic) bond motifs is 3. The van der Waals surface area contributed by atoms with Crippen LogP contribution >= 0.6 is 0 Å². The number of nitrogens with zero attached hydrogens (tertiary/aromatic N) is 1. The number of nitrogens with two attached hydrogens (primary N) is 1. The number of alkyl halides is 2. The molecule has 3 aliphatic rings. The lowest BCUT2D eigenvalue weighted by atomic mass is 9.59. The summed E-state index contributed by atoms with van der Waals surface area (Å²) in [5.74, 6) is -6.99. The average molecular weight is 586 g/mol. The van der Waals surface area contributed by atoms with Crippen molar-refractivity contribution >= 4 is 34.6 Å². The Labute approximate surface area is 238 Å². The van der Waals surface area contributed by atoms with Gasteiger partial charge in [0.15, 0.2) is 11.4 Å². The number of nitrogens with one attached hydrogen (secondary N) is 1. The van der Waals surface area contributed by atoms with Gasteiger partial charge in [0, 0.05) is 44.2 Å². The summed E-state index contributed by atoms with van der Waals surface area (Å²) >= 11 is 0. The molecule has 3 aliphatic carbocycles. The molecule has 13 heteroatoms. The first-order valence-electron chi connectivity index (χ1n) is 13.1. The molecule has 7 N–H and O–H groups in total. The minimum absolute atomic E-state index is 0.0152. The topological polar surface area (TPSA) is 183 Å². The fourth-order valence-corrected chi connectivity index (χ4v) is 6.19. The standard InChI is InChI=1S/C29H29F2N3O8/c1-34(2)18-10-17(33-11-12-3-5-15(6-4-12)42-28(30)31)23(36)21-16(18)8-13-7-14-9-19(35)22(27(32)40)26(39)29(14,41)25(38)20(13)24(21)37/h3-6,10,13-14,28,33,36-37,39,41H,7-9,11H2,1-2H3,(H2,32,40)/t13-,14+,29+/m1/s1. The zero-order chi connectivity index (χ0) is 30.7. The van der Waals surface area contributed by atoms with Gasteiger partial charge in [-0.3, -0.25) is 14.4 Å². The van der Waals surface area contributed by atoms with Crippen molar-refractivity contribution in [3.05, 3.63) is 63.9 Å². The van der Waals surface area contributed by atoms with Crippen LogP contribution in [-0.4, -0.2) is 64.2 Å². The highest BCUT2D eigenvalue weighted by Gasteiger charge is 2.60. The normalized spacial score (nSPS) is 23.4. The number of ether oxygens (including phenoxy) is 1. The van der Waals surface area contributed by atoms with E-state index in [-0.39, 0.29) is 47.7 Å². The molecule has 11 nitrogen and oxygen atoms in total. The number of rotatable bonds is 7. The molecule has 0 aromatic heterocycles. The van der Waals surface area contributed by atoms with E-state index < -0.39 is 65.0 Å². The van der Waals surface area contributed by atoms with Crippen molar-refractivity contribution in [2.45, 2.75) is 38.0 Å². The number of carbonyl (C=O) groups excluding carboxylic acids is 3. The monoisotopic (exact) mass is 585 g/mol. The second-order valence-electron chi connectivity index (χ2n) is 10.8. The number of carbonyl (C=O) groups is 3. The summed E-state index contributed by atoms with van der Waals surface area (Å²) in [6.45, 7) is -2.81. The Bertz CT molecular complexity index is 1570. The van der Waals surface area contributed by atoms with E-state index in [0.717, 1.165) is 0 Å². The second-order valence-corrected chi connectivity index (χ2v) is 10.8. The summed E-state index contributed by atoms with van der Waals surface area (Å²) in [7, 11) is 3.51. The first-order valence-corrected chi connectivity index (χ1v) is 13.1. The molecule has 0 radical (unpaired) electrons. The van der Waals surface area contributed by atoms with Crippen molar-refractivity contribution in [3.8, 4) is 11.5 Å². The molecule has 2 aromatic rings. The fraction of sp³-hybridized carbons (Fsp3) is 0.345. The molecule has 0 unspecified atom stereocenters. The molecular weight excluding hydrogens is 556 g/mol. The smallest absolute Gasteiger partial charge is 0.387 e. The van der Waals surface area contributed by atoms with Crippen molar-refractivity contribution in [1.29, 1.82) is 0 Å². The Morgan fingerprint density at radius 3 is 2.43 bits per heavy atom. The molecule has 42 heavy (non-hydrogen) atoms. The molecule has 3 atom stereocenters. The van der Waals surface area contributed by atoms with E-state index in [1.807, 2.05) is 0 Å². The van der Waals surface area contributed by atoms with Gasteiger partial charge >= 0.3 is 6.61 Å². The number of aliphatic hydroxyl groups excluding tert-OH is 2. The third-order valence-electron chi connectivity index (χ3n) is 8.15. The molecule has 2 aromatic carbocycles. The predicted octanol–water partition coefficient (Wildman–Crippen LogP) is 2.70. The van der Waals surface area contributed by atoms with Crippen molar-refractivity contribution in [2.24, 2.45) is 17.6 Å². The Hall–Kier alpha value is -4.65. The van der Waals surface area contributed by atoms with Crippen LogP contribution in [0.15, 0.2) is 47.2 Å². The molecule has 5 rings (SSSR count). The van der Waals surface area contributed by atoms with Gasteiger partial charge in [-0.1, -0.05) is 12.1 Å². The third-order valence-corrected chi connectivity index (χ3v) is 8.15. The largest absolute Gasteiger partial charge is 0.508 e. The van der Waals surface area contributed by atoms with Gasteiger partial charge in [0.05, 0.1) is 11.3 Å². The molecule has 0 heterocycles. The van der Waals surface area contributed by atoms with Gasteiger partial charge in [-0.2, -0.15) is 8.78 Å². The number of Topliss-reactive ketones (excluding diaryl/α,β-unsaturated/α-hetero) is 2. The summed E-state index contributed by atoms with van der Waals surface area (Å²) in [6, 6.07) is 7.53. The molecule has 1 amide bonds. The fourth-order valence-electron chi connectivity index (χ4n) is 6.19. The van der Waals surface area contributed by atoms with Gasteiger partial charge < -0.3 is 41.1 Å². The quantitative estimate of drug-likeness (QED) is 0.209.